The molecule has 3 heterocycles. The molecule has 43 heavy (non-hydrogen) atoms. The molecule has 3 rings (SSSR count). The van der Waals surface area contributed by atoms with Gasteiger partial charge in [-0.25, -0.2) is 4.79 Å². The number of ether oxygens (including phenoxy) is 2. The number of anilines is 1. The molecule has 11 atom stereocenters. The topological polar surface area (TPSA) is 329 Å². The average Bonchev–Trinajstić information content (AvgIpc) is 3.16. The van der Waals surface area contributed by atoms with E-state index in [9.17, 15) is 54.5 Å². The van der Waals surface area contributed by atoms with Crippen LogP contribution in [0, 0.1) is 0 Å². The molecule has 3 unspecified atom stereocenters. The van der Waals surface area contributed by atoms with E-state index in [4.69, 9.17) is 20.3 Å². The minimum absolute atomic E-state index is 0. The van der Waals surface area contributed by atoms with Gasteiger partial charge < -0.3 is 70.5 Å². The molecule has 9 N–H and O–H groups in total. The van der Waals surface area contributed by atoms with Crippen molar-refractivity contribution in [2.75, 3.05) is 18.9 Å². The van der Waals surface area contributed by atoms with Crippen LogP contribution in [-0.4, -0.2) is 120 Å². The van der Waals surface area contributed by atoms with Crippen molar-refractivity contribution in [1.82, 2.24) is 14.9 Å². The van der Waals surface area contributed by atoms with E-state index in [1.807, 2.05) is 0 Å². The van der Waals surface area contributed by atoms with Crippen LogP contribution >= 0.6 is 7.82 Å². The number of nitrogen functional groups attached to an aromatic ring is 1. The molecule has 0 aliphatic carbocycles. The molecular weight excluding hydrogens is 629 g/mol. The smallest absolute Gasteiger partial charge is 0.756 e. The third kappa shape index (κ3) is 9.47. The first kappa shape index (κ1) is 40.4. The SMILES string of the molecule is CC(=O)N[C@@H]1C(O)C[C@@](OP(=O)([O-])OC[C@H]2O[C@@H](n3ccc(N)nc3=O)[C@H](O)[C@H]2O)(C(=O)[O-])O[C@H]1C(O)[C@H](O)CO.[Na+].[Na+]. The summed E-state index contributed by atoms with van der Waals surface area (Å²) >= 11 is 0. The van der Waals surface area contributed by atoms with Gasteiger partial charge in [-0.2, -0.15) is 4.98 Å². The third-order valence-electron chi connectivity index (χ3n) is 6.29. The maximum Gasteiger partial charge on any atom is 1.00 e. The molecule has 23 heteroatoms. The maximum absolute atomic E-state index is 12.7. The van der Waals surface area contributed by atoms with Crippen molar-refractivity contribution < 1.29 is 132 Å². The maximum atomic E-state index is 12.7. The number of aliphatic hydroxyl groups is 6. The Bertz CT molecular complexity index is 1230. The Labute approximate surface area is 286 Å². The van der Waals surface area contributed by atoms with E-state index in [2.05, 4.69) is 19.3 Å². The summed E-state index contributed by atoms with van der Waals surface area (Å²) in [6.07, 6.45) is -15.1. The number of hydrogen-bond acceptors (Lipinski definition) is 18. The van der Waals surface area contributed by atoms with E-state index in [1.165, 1.54) is 6.07 Å². The number of amides is 1. The van der Waals surface area contributed by atoms with E-state index in [0.717, 1.165) is 17.7 Å². The summed E-state index contributed by atoms with van der Waals surface area (Å²) in [7, 11) is -5.81. The van der Waals surface area contributed by atoms with Gasteiger partial charge in [0.1, 0.15) is 48.4 Å². The second-order valence-electron chi connectivity index (χ2n) is 9.28. The van der Waals surface area contributed by atoms with Crippen molar-refractivity contribution in [3.05, 3.63) is 22.7 Å². The van der Waals surface area contributed by atoms with Crippen LogP contribution in [0.15, 0.2) is 17.1 Å². The predicted molar refractivity (Wildman–Crippen MR) is 123 cm³/mol. The number of aliphatic carboxylic acids is 1. The number of rotatable bonds is 11. The predicted octanol–water partition coefficient (Wildman–Crippen LogP) is -13.2. The van der Waals surface area contributed by atoms with E-state index in [0.29, 0.717) is 0 Å². The number of aromatic nitrogens is 2. The van der Waals surface area contributed by atoms with Crippen molar-refractivity contribution in [1.29, 1.82) is 0 Å². The molecular formula is C20H29N4Na2O16P. The van der Waals surface area contributed by atoms with Gasteiger partial charge in [-0.15, -0.1) is 0 Å². The average molecular weight is 658 g/mol. The van der Waals surface area contributed by atoms with Crippen LogP contribution in [0.2, 0.25) is 0 Å². The Morgan fingerprint density at radius 1 is 1.30 bits per heavy atom. The van der Waals surface area contributed by atoms with Crippen LogP contribution in [0.25, 0.3) is 0 Å². The first-order chi connectivity index (χ1) is 19.0. The molecule has 232 valence electrons. The van der Waals surface area contributed by atoms with Crippen LogP contribution in [0.4, 0.5) is 5.82 Å². The fourth-order valence-corrected chi connectivity index (χ4v) is 5.24. The molecule has 2 aliphatic heterocycles. The van der Waals surface area contributed by atoms with Crippen molar-refractivity contribution in [2.24, 2.45) is 0 Å². The van der Waals surface area contributed by atoms with Gasteiger partial charge in [0.25, 0.3) is 7.82 Å². The number of nitrogens with one attached hydrogen (secondary N) is 1. The van der Waals surface area contributed by atoms with Crippen molar-refractivity contribution in [3.8, 4) is 0 Å². The van der Waals surface area contributed by atoms with Crippen LogP contribution < -0.4 is 85.9 Å². The molecule has 2 aliphatic rings. The summed E-state index contributed by atoms with van der Waals surface area (Å²) in [6, 6.07) is -0.426. The number of aliphatic hydroxyl groups excluding tert-OH is 6. The van der Waals surface area contributed by atoms with Crippen molar-refractivity contribution >= 4 is 25.5 Å². The van der Waals surface area contributed by atoms with E-state index in [-0.39, 0.29) is 64.9 Å². The quantitative estimate of drug-likeness (QED) is 0.0808. The molecule has 0 spiro atoms. The van der Waals surface area contributed by atoms with Crippen LogP contribution in [0.3, 0.4) is 0 Å². The summed E-state index contributed by atoms with van der Waals surface area (Å²) < 4.78 is 33.1. The third-order valence-corrected chi connectivity index (χ3v) is 7.27. The van der Waals surface area contributed by atoms with Gasteiger partial charge in [0.2, 0.25) is 11.7 Å². The van der Waals surface area contributed by atoms with E-state index in [1.54, 1.807) is 0 Å². The summed E-state index contributed by atoms with van der Waals surface area (Å²) in [5.41, 5.74) is 4.43. The summed E-state index contributed by atoms with van der Waals surface area (Å²) in [5, 5.41) is 74.7. The fraction of sp³-hybridized carbons (Fsp3) is 0.700. The second kappa shape index (κ2) is 16.3. The molecule has 1 aromatic heterocycles. The number of nitrogens with zero attached hydrogens (tertiary/aromatic N) is 2. The number of phosphoric acid groups is 1. The first-order valence-corrected chi connectivity index (χ1v) is 13.3. The number of carboxylic acid groups (broad SMARTS) is 1. The van der Waals surface area contributed by atoms with E-state index < -0.39 is 106 Å². The minimum atomic E-state index is -5.81. The number of carboxylic acids is 1. The molecule has 2 saturated heterocycles. The van der Waals surface area contributed by atoms with Crippen LogP contribution in [0.1, 0.15) is 19.6 Å². The molecule has 0 bridgehead atoms. The molecule has 1 aromatic rings. The van der Waals surface area contributed by atoms with Gasteiger partial charge in [-0.3, -0.25) is 18.5 Å². The number of carbonyl (C=O) groups is 2. The Balaban J connectivity index is 0.00000462. The zero-order valence-electron chi connectivity index (χ0n) is 23.2. The zero-order chi connectivity index (χ0) is 30.9. The number of hydrogen-bond donors (Lipinski definition) is 8. The van der Waals surface area contributed by atoms with Gasteiger partial charge in [0.05, 0.1) is 25.4 Å². The molecule has 0 saturated carbocycles. The van der Waals surface area contributed by atoms with Crippen molar-refractivity contribution in [2.45, 2.75) is 74.1 Å². The number of carbonyl (C=O) groups excluding carboxylic acids is 2. The summed E-state index contributed by atoms with van der Waals surface area (Å²) in [5.74, 6) is -6.70. The largest absolute Gasteiger partial charge is 1.00 e. The molecule has 2 fully saturated rings. The molecule has 20 nitrogen and oxygen atoms in total. The van der Waals surface area contributed by atoms with Gasteiger partial charge in [0.15, 0.2) is 6.23 Å². The van der Waals surface area contributed by atoms with Gasteiger partial charge in [0, 0.05) is 19.5 Å². The minimum Gasteiger partial charge on any atom is -0.756 e. The monoisotopic (exact) mass is 658 g/mol. The Hall–Kier alpha value is -0.590. The Kier molecular flexibility index (Phi) is 15.3. The molecule has 0 radical (unpaired) electrons. The van der Waals surface area contributed by atoms with Crippen LogP contribution in [-0.2, 0) is 32.7 Å². The van der Waals surface area contributed by atoms with Crippen molar-refractivity contribution in [3.63, 3.8) is 0 Å². The molecule has 1 amide bonds. The van der Waals surface area contributed by atoms with Crippen LogP contribution in [0.5, 0.6) is 0 Å². The number of phosphoric ester groups is 1. The van der Waals surface area contributed by atoms with E-state index >= 15 is 0 Å². The van der Waals surface area contributed by atoms with Gasteiger partial charge in [-0.05, 0) is 6.07 Å². The first-order valence-electron chi connectivity index (χ1n) is 11.9. The Morgan fingerprint density at radius 3 is 2.47 bits per heavy atom. The number of nitrogens with two attached hydrogens (primary N) is 1. The molecule has 0 aromatic carbocycles. The second-order valence-corrected chi connectivity index (χ2v) is 10.6. The normalized spacial score (nSPS) is 33.3. The zero-order valence-corrected chi connectivity index (χ0v) is 28.1. The standard InChI is InChI=1S/C20H31N4O16P.2Na/c1-7(26)22-12-8(27)4-20(18(32)33,39-16(12)13(29)9(28)5-25)40-41(35,36)37-6-10-14(30)15(31)17(38-10)24-3-2-11(21)23-19(24)34;;/h2-3,8-10,12-17,25,27-31H,4-6H2,1H3,(H,22,26)(H,32,33)(H,35,36)(H2,21,23,34);;/q;2*+1/p-2/t8?,9-,10-,12-,13?,14+,15-,16-,17-,20-;;/m1../s1. The Morgan fingerprint density at radius 2 is 1.93 bits per heavy atom. The van der Waals surface area contributed by atoms with Gasteiger partial charge >= 0.3 is 64.8 Å². The fourth-order valence-electron chi connectivity index (χ4n) is 4.30. The summed E-state index contributed by atoms with van der Waals surface area (Å²) in [4.78, 5) is 51.8. The summed E-state index contributed by atoms with van der Waals surface area (Å²) in [6.45, 7) is -1.18. The van der Waals surface area contributed by atoms with Gasteiger partial charge in [-0.1, -0.05) is 0 Å².